The summed E-state index contributed by atoms with van der Waals surface area (Å²) in [5.41, 5.74) is 11.9. The number of nitrogens with one attached hydrogen (secondary N) is 2. The van der Waals surface area contributed by atoms with Gasteiger partial charge in [-0.2, -0.15) is 0 Å². The fourth-order valence-electron chi connectivity index (χ4n) is 4.66. The van der Waals surface area contributed by atoms with Crippen molar-refractivity contribution in [3.05, 3.63) is 58.4 Å². The van der Waals surface area contributed by atoms with Gasteiger partial charge in [0.05, 0.1) is 11.9 Å². The number of carbonyl (C=O) groups is 3. The van der Waals surface area contributed by atoms with Gasteiger partial charge in [0.2, 0.25) is 11.8 Å². The molecule has 1 aromatic heterocycles. The standard InChI is InChI=1S/C23H25N5O3/c24-16-3-4-19-15(8-16)9-17(11-26-19)25-10-13-1-2-14-12-28(23(31)18(14)7-13)20-5-6-21(29)27-22(20)30/h1-2,7,9,11,16,20,25H,3-6,8,10,12,24H2,(H,27,29,30). The highest BCUT2D eigenvalue weighted by Gasteiger charge is 2.39. The highest BCUT2D eigenvalue weighted by molar-refractivity contribution is 6.05. The van der Waals surface area contributed by atoms with Crippen LogP contribution in [0, 0.1) is 0 Å². The number of fused-ring (bicyclic) bond motifs is 2. The summed E-state index contributed by atoms with van der Waals surface area (Å²) in [6, 6.07) is 7.55. The average molecular weight is 419 g/mol. The molecule has 1 saturated heterocycles. The molecule has 160 valence electrons. The lowest BCUT2D eigenvalue weighted by Crippen LogP contribution is -2.52. The summed E-state index contributed by atoms with van der Waals surface area (Å²) < 4.78 is 0. The van der Waals surface area contributed by atoms with E-state index in [9.17, 15) is 14.4 Å². The quantitative estimate of drug-likeness (QED) is 0.643. The number of amides is 3. The number of piperidine rings is 1. The number of rotatable bonds is 4. The number of nitrogens with zero attached hydrogens (tertiary/aromatic N) is 2. The summed E-state index contributed by atoms with van der Waals surface area (Å²) in [6.45, 7) is 0.953. The maximum atomic E-state index is 13.0. The van der Waals surface area contributed by atoms with Gasteiger partial charge in [-0.15, -0.1) is 0 Å². The van der Waals surface area contributed by atoms with E-state index in [4.69, 9.17) is 5.73 Å². The van der Waals surface area contributed by atoms with Gasteiger partial charge in [0.15, 0.2) is 0 Å². The Balaban J connectivity index is 1.27. The first-order chi connectivity index (χ1) is 15.0. The normalized spacial score (nSPS) is 22.7. The number of aryl methyl sites for hydroxylation is 1. The maximum absolute atomic E-state index is 13.0. The molecule has 0 saturated carbocycles. The zero-order chi connectivity index (χ0) is 21.5. The summed E-state index contributed by atoms with van der Waals surface area (Å²) in [4.78, 5) is 42.7. The second-order valence-electron chi connectivity index (χ2n) is 8.58. The molecule has 2 unspecified atom stereocenters. The van der Waals surface area contributed by atoms with Gasteiger partial charge in [0.25, 0.3) is 5.91 Å². The Morgan fingerprint density at radius 2 is 2.00 bits per heavy atom. The molecule has 0 bridgehead atoms. The summed E-state index contributed by atoms with van der Waals surface area (Å²) in [7, 11) is 0. The first-order valence-corrected chi connectivity index (χ1v) is 10.7. The molecule has 0 spiro atoms. The van der Waals surface area contributed by atoms with Crippen molar-refractivity contribution in [3.63, 3.8) is 0 Å². The number of benzene rings is 1. The van der Waals surface area contributed by atoms with Crippen LogP contribution < -0.4 is 16.4 Å². The minimum atomic E-state index is -0.591. The predicted molar refractivity (Wildman–Crippen MR) is 114 cm³/mol. The van der Waals surface area contributed by atoms with E-state index in [1.54, 1.807) is 4.90 Å². The Kier molecular flexibility index (Phi) is 4.94. The van der Waals surface area contributed by atoms with Gasteiger partial charge in [-0.1, -0.05) is 12.1 Å². The van der Waals surface area contributed by atoms with Gasteiger partial charge in [0.1, 0.15) is 6.04 Å². The Labute approximate surface area is 180 Å². The molecule has 4 N–H and O–H groups in total. The molecule has 0 radical (unpaired) electrons. The fraction of sp³-hybridized carbons (Fsp3) is 0.391. The van der Waals surface area contributed by atoms with Gasteiger partial charge >= 0.3 is 0 Å². The Hall–Kier alpha value is -3.26. The molecular weight excluding hydrogens is 394 g/mol. The predicted octanol–water partition coefficient (Wildman–Crippen LogP) is 1.27. The van der Waals surface area contributed by atoms with E-state index >= 15 is 0 Å². The lowest BCUT2D eigenvalue weighted by atomic mass is 9.92. The van der Waals surface area contributed by atoms with Crippen LogP contribution in [0.3, 0.4) is 0 Å². The van der Waals surface area contributed by atoms with Crippen LogP contribution >= 0.6 is 0 Å². The van der Waals surface area contributed by atoms with Crippen LogP contribution in [0.15, 0.2) is 30.5 Å². The number of aromatic nitrogens is 1. The SMILES string of the molecule is NC1CCc2ncc(NCc3ccc4c(c3)C(=O)N(C3CCC(=O)NC3=O)C4)cc2C1. The van der Waals surface area contributed by atoms with Gasteiger partial charge < -0.3 is 16.0 Å². The molecule has 8 heteroatoms. The van der Waals surface area contributed by atoms with E-state index in [2.05, 4.69) is 21.7 Å². The third kappa shape index (κ3) is 3.79. The maximum Gasteiger partial charge on any atom is 0.255 e. The van der Waals surface area contributed by atoms with Gasteiger partial charge in [-0.25, -0.2) is 0 Å². The molecule has 31 heavy (non-hydrogen) atoms. The first-order valence-electron chi connectivity index (χ1n) is 10.7. The third-order valence-electron chi connectivity index (χ3n) is 6.38. The number of nitrogens with two attached hydrogens (primary N) is 1. The van der Waals surface area contributed by atoms with Crippen molar-refractivity contribution in [2.24, 2.45) is 5.73 Å². The second-order valence-corrected chi connectivity index (χ2v) is 8.58. The lowest BCUT2D eigenvalue weighted by molar-refractivity contribution is -0.136. The largest absolute Gasteiger partial charge is 0.380 e. The molecule has 5 rings (SSSR count). The Bertz CT molecular complexity index is 1080. The van der Waals surface area contributed by atoms with Crippen molar-refractivity contribution in [3.8, 4) is 0 Å². The monoisotopic (exact) mass is 419 g/mol. The summed E-state index contributed by atoms with van der Waals surface area (Å²) in [6.07, 6.45) is 5.22. The van der Waals surface area contributed by atoms with Gasteiger partial charge in [-0.3, -0.25) is 24.7 Å². The molecule has 8 nitrogen and oxygen atoms in total. The molecule has 1 aliphatic carbocycles. The molecule has 1 fully saturated rings. The van der Waals surface area contributed by atoms with Crippen LogP contribution in [-0.2, 0) is 35.5 Å². The van der Waals surface area contributed by atoms with Crippen molar-refractivity contribution < 1.29 is 14.4 Å². The number of hydrogen-bond acceptors (Lipinski definition) is 6. The third-order valence-corrected chi connectivity index (χ3v) is 6.38. The van der Waals surface area contributed by atoms with E-state index in [1.165, 1.54) is 5.56 Å². The highest BCUT2D eigenvalue weighted by atomic mass is 16.2. The topological polar surface area (TPSA) is 117 Å². The molecule has 3 aliphatic rings. The summed E-state index contributed by atoms with van der Waals surface area (Å²) in [5, 5.41) is 5.72. The summed E-state index contributed by atoms with van der Waals surface area (Å²) >= 11 is 0. The molecular formula is C23H25N5O3. The van der Waals surface area contributed by atoms with E-state index in [1.807, 2.05) is 24.4 Å². The van der Waals surface area contributed by atoms with Gasteiger partial charge in [-0.05, 0) is 54.5 Å². The number of imide groups is 1. The average Bonchev–Trinajstić information content (AvgIpc) is 3.07. The molecule has 2 atom stereocenters. The molecule has 1 aromatic carbocycles. The number of pyridine rings is 1. The number of anilines is 1. The second kappa shape index (κ2) is 7.77. The molecule has 2 aliphatic heterocycles. The summed E-state index contributed by atoms with van der Waals surface area (Å²) in [5.74, 6) is -0.827. The Morgan fingerprint density at radius 3 is 2.84 bits per heavy atom. The van der Waals surface area contributed by atoms with Gasteiger partial charge in [0, 0.05) is 36.8 Å². The smallest absolute Gasteiger partial charge is 0.255 e. The van der Waals surface area contributed by atoms with Crippen molar-refractivity contribution in [2.75, 3.05) is 5.32 Å². The molecule has 3 heterocycles. The van der Waals surface area contributed by atoms with Crippen molar-refractivity contribution in [1.29, 1.82) is 0 Å². The number of carbonyl (C=O) groups excluding carboxylic acids is 3. The van der Waals surface area contributed by atoms with E-state index in [-0.39, 0.29) is 30.2 Å². The zero-order valence-corrected chi connectivity index (χ0v) is 17.2. The van der Waals surface area contributed by atoms with E-state index in [0.29, 0.717) is 25.1 Å². The van der Waals surface area contributed by atoms with E-state index in [0.717, 1.165) is 41.8 Å². The van der Waals surface area contributed by atoms with Crippen molar-refractivity contribution >= 4 is 23.4 Å². The van der Waals surface area contributed by atoms with Crippen LogP contribution in [-0.4, -0.2) is 39.7 Å². The van der Waals surface area contributed by atoms with Crippen molar-refractivity contribution in [1.82, 2.24) is 15.2 Å². The lowest BCUT2D eigenvalue weighted by Gasteiger charge is -2.29. The van der Waals surface area contributed by atoms with Crippen LogP contribution in [0.2, 0.25) is 0 Å². The zero-order valence-electron chi connectivity index (χ0n) is 17.2. The molecule has 3 amide bonds. The van der Waals surface area contributed by atoms with Crippen LogP contribution in [0.5, 0.6) is 0 Å². The van der Waals surface area contributed by atoms with Crippen LogP contribution in [0.1, 0.15) is 52.0 Å². The van der Waals surface area contributed by atoms with Crippen molar-refractivity contribution in [2.45, 2.75) is 57.3 Å². The van der Waals surface area contributed by atoms with Crippen LogP contribution in [0.4, 0.5) is 5.69 Å². The van der Waals surface area contributed by atoms with Crippen LogP contribution in [0.25, 0.3) is 0 Å². The van der Waals surface area contributed by atoms with E-state index < -0.39 is 6.04 Å². The Morgan fingerprint density at radius 1 is 1.13 bits per heavy atom. The minimum Gasteiger partial charge on any atom is -0.380 e. The highest BCUT2D eigenvalue weighted by Crippen LogP contribution is 2.28. The minimum absolute atomic E-state index is 0.157. The number of hydrogen-bond donors (Lipinski definition) is 3. The fourth-order valence-corrected chi connectivity index (χ4v) is 4.66. The first kappa shape index (κ1) is 19.7. The molecule has 2 aromatic rings.